The van der Waals surface area contributed by atoms with Crippen LogP contribution in [0.3, 0.4) is 0 Å². The summed E-state index contributed by atoms with van der Waals surface area (Å²) in [5, 5.41) is 10.4. The van der Waals surface area contributed by atoms with E-state index in [1.54, 1.807) is 29.7 Å². The van der Waals surface area contributed by atoms with Crippen molar-refractivity contribution in [3.63, 3.8) is 0 Å². The second-order valence-corrected chi connectivity index (χ2v) is 9.24. The number of nitrogens with zero attached hydrogens (tertiary/aromatic N) is 3. The van der Waals surface area contributed by atoms with Crippen LogP contribution in [0.2, 0.25) is 0 Å². The Kier molecular flexibility index (Phi) is 5.06. The number of carbonyl (C=O) groups excluding carboxylic acids is 1. The summed E-state index contributed by atoms with van der Waals surface area (Å²) in [6, 6.07) is 11.9. The molecule has 1 fully saturated rings. The first-order valence-electron chi connectivity index (χ1n) is 10.5. The Balaban J connectivity index is 1.56. The third-order valence-electron chi connectivity index (χ3n) is 5.62. The molecule has 1 unspecified atom stereocenters. The van der Waals surface area contributed by atoms with Crippen LogP contribution in [-0.4, -0.2) is 20.7 Å². The van der Waals surface area contributed by atoms with Gasteiger partial charge in [0.25, 0.3) is 5.91 Å². The molecule has 0 saturated heterocycles. The van der Waals surface area contributed by atoms with Gasteiger partial charge >= 0.3 is 0 Å². The average molecular weight is 435 g/mol. The number of hydrogen-bond donors (Lipinski definition) is 1. The quantitative estimate of drug-likeness (QED) is 0.429. The van der Waals surface area contributed by atoms with Gasteiger partial charge < -0.3 is 5.32 Å². The fourth-order valence-electron chi connectivity index (χ4n) is 3.83. The molecule has 0 spiro atoms. The Morgan fingerprint density at radius 3 is 2.65 bits per heavy atom. The van der Waals surface area contributed by atoms with E-state index in [9.17, 15) is 9.18 Å². The number of fused-ring (bicyclic) bond motifs is 1. The van der Waals surface area contributed by atoms with Crippen molar-refractivity contribution in [3.05, 3.63) is 81.6 Å². The van der Waals surface area contributed by atoms with Gasteiger partial charge in [0.05, 0.1) is 23.2 Å². The van der Waals surface area contributed by atoms with Gasteiger partial charge in [0, 0.05) is 22.5 Å². The Labute approximate surface area is 183 Å². The second-order valence-electron chi connectivity index (χ2n) is 8.26. The highest BCUT2D eigenvalue weighted by molar-refractivity contribution is 7.10. The summed E-state index contributed by atoms with van der Waals surface area (Å²) in [5.41, 5.74) is 3.12. The number of nitrogens with one attached hydrogen (secondary N) is 1. The molecule has 0 bridgehead atoms. The van der Waals surface area contributed by atoms with Crippen LogP contribution in [0.5, 0.6) is 0 Å². The van der Waals surface area contributed by atoms with E-state index in [0.29, 0.717) is 11.5 Å². The van der Waals surface area contributed by atoms with Crippen molar-refractivity contribution in [1.29, 1.82) is 0 Å². The molecule has 3 heterocycles. The first-order valence-corrected chi connectivity index (χ1v) is 11.4. The van der Waals surface area contributed by atoms with Gasteiger partial charge in [-0.05, 0) is 61.9 Å². The fourth-order valence-corrected chi connectivity index (χ4v) is 4.63. The summed E-state index contributed by atoms with van der Waals surface area (Å²) in [6.07, 6.45) is 3.93. The summed E-state index contributed by atoms with van der Waals surface area (Å²) in [6.45, 7) is 4.11. The van der Waals surface area contributed by atoms with Crippen LogP contribution in [0, 0.1) is 5.82 Å². The Morgan fingerprint density at radius 2 is 2.00 bits per heavy atom. The number of amides is 1. The number of thiophene rings is 1. The molecule has 1 aliphatic carbocycles. The van der Waals surface area contributed by atoms with Crippen LogP contribution in [0.15, 0.2) is 54.0 Å². The predicted molar refractivity (Wildman–Crippen MR) is 120 cm³/mol. The van der Waals surface area contributed by atoms with Crippen molar-refractivity contribution in [2.24, 2.45) is 0 Å². The lowest BCUT2D eigenvalue weighted by atomic mass is 10.0. The van der Waals surface area contributed by atoms with Crippen LogP contribution in [0.1, 0.15) is 71.2 Å². The summed E-state index contributed by atoms with van der Waals surface area (Å²) in [7, 11) is 0. The number of aromatic nitrogens is 3. The largest absolute Gasteiger partial charge is 0.340 e. The van der Waals surface area contributed by atoms with E-state index < -0.39 is 0 Å². The number of rotatable bonds is 6. The lowest BCUT2D eigenvalue weighted by Crippen LogP contribution is -2.29. The van der Waals surface area contributed by atoms with E-state index in [-0.39, 0.29) is 23.8 Å². The van der Waals surface area contributed by atoms with Crippen molar-refractivity contribution >= 4 is 28.3 Å². The van der Waals surface area contributed by atoms with Gasteiger partial charge in [-0.2, -0.15) is 5.10 Å². The maximum Gasteiger partial charge on any atom is 0.252 e. The van der Waals surface area contributed by atoms with Crippen LogP contribution < -0.4 is 5.32 Å². The van der Waals surface area contributed by atoms with Crippen LogP contribution in [0.4, 0.5) is 4.39 Å². The smallest absolute Gasteiger partial charge is 0.252 e. The molecule has 1 aliphatic rings. The molecule has 5 rings (SSSR count). The molecule has 1 saturated carbocycles. The molecular weight excluding hydrogens is 411 g/mol. The van der Waals surface area contributed by atoms with Crippen LogP contribution >= 0.6 is 11.3 Å². The molecule has 158 valence electrons. The molecule has 0 aliphatic heterocycles. The third kappa shape index (κ3) is 3.85. The number of benzene rings is 1. The Bertz CT molecular complexity index is 1230. The lowest BCUT2D eigenvalue weighted by Gasteiger charge is -2.19. The normalized spacial score (nSPS) is 14.8. The maximum atomic E-state index is 13.5. The van der Waals surface area contributed by atoms with Crippen molar-refractivity contribution in [2.75, 3.05) is 0 Å². The zero-order chi connectivity index (χ0) is 21.5. The van der Waals surface area contributed by atoms with Gasteiger partial charge in [-0.1, -0.05) is 18.2 Å². The molecule has 1 atom stereocenters. The van der Waals surface area contributed by atoms with Crippen LogP contribution in [-0.2, 0) is 0 Å². The van der Waals surface area contributed by atoms with E-state index in [4.69, 9.17) is 4.98 Å². The van der Waals surface area contributed by atoms with E-state index in [0.717, 1.165) is 40.0 Å². The second kappa shape index (κ2) is 7.89. The molecule has 1 N–H and O–H groups in total. The first kappa shape index (κ1) is 19.9. The highest BCUT2D eigenvalue weighted by atomic mass is 32.1. The number of hydrogen-bond acceptors (Lipinski definition) is 4. The zero-order valence-electron chi connectivity index (χ0n) is 17.4. The Hall–Kier alpha value is -3.06. The number of pyridine rings is 1. The molecule has 7 heteroatoms. The maximum absolute atomic E-state index is 13.5. The molecule has 31 heavy (non-hydrogen) atoms. The summed E-state index contributed by atoms with van der Waals surface area (Å²) in [5.74, 6) is -0.0667. The van der Waals surface area contributed by atoms with Gasteiger partial charge in [0.1, 0.15) is 5.82 Å². The predicted octanol–water partition coefficient (Wildman–Crippen LogP) is 5.61. The van der Waals surface area contributed by atoms with E-state index in [2.05, 4.69) is 24.3 Å². The van der Waals surface area contributed by atoms with Crippen molar-refractivity contribution in [1.82, 2.24) is 20.1 Å². The zero-order valence-corrected chi connectivity index (χ0v) is 18.2. The molecule has 1 amide bonds. The molecule has 3 aromatic heterocycles. The Morgan fingerprint density at radius 1 is 1.23 bits per heavy atom. The van der Waals surface area contributed by atoms with E-state index >= 15 is 0 Å². The highest BCUT2D eigenvalue weighted by Crippen LogP contribution is 2.40. The van der Waals surface area contributed by atoms with E-state index in [1.165, 1.54) is 12.1 Å². The molecule has 1 aromatic carbocycles. The molecule has 0 radical (unpaired) electrons. The summed E-state index contributed by atoms with van der Waals surface area (Å²) in [4.78, 5) is 19.4. The molecule has 5 nitrogen and oxygen atoms in total. The number of carbonyl (C=O) groups is 1. The topological polar surface area (TPSA) is 59.8 Å². The van der Waals surface area contributed by atoms with Gasteiger partial charge in [-0.3, -0.25) is 4.79 Å². The minimum absolute atomic E-state index is 0.147. The lowest BCUT2D eigenvalue weighted by molar-refractivity contribution is 0.0945. The third-order valence-corrected chi connectivity index (χ3v) is 6.56. The summed E-state index contributed by atoms with van der Waals surface area (Å²) < 4.78 is 15.4. The van der Waals surface area contributed by atoms with Gasteiger partial charge in [0.2, 0.25) is 0 Å². The van der Waals surface area contributed by atoms with Gasteiger partial charge in [-0.25, -0.2) is 14.1 Å². The fraction of sp³-hybridized carbons (Fsp3) is 0.292. The minimum Gasteiger partial charge on any atom is -0.340 e. The van der Waals surface area contributed by atoms with Crippen molar-refractivity contribution < 1.29 is 9.18 Å². The monoisotopic (exact) mass is 434 g/mol. The summed E-state index contributed by atoms with van der Waals surface area (Å²) >= 11 is 1.56. The highest BCUT2D eigenvalue weighted by Gasteiger charge is 2.29. The standard InChI is InChI=1S/C24H23FN4OS/c1-14(2)29-23-19(13-26-29)18(12-20(27-23)15-5-6-15)24(30)28-22(21-4-3-11-31-21)16-7-9-17(25)10-8-16/h3-4,7-15,22H,5-6H2,1-2H3,(H,28,30). The van der Waals surface area contributed by atoms with Gasteiger partial charge in [-0.15, -0.1) is 11.3 Å². The van der Waals surface area contributed by atoms with Crippen LogP contribution in [0.25, 0.3) is 11.0 Å². The van der Waals surface area contributed by atoms with Crippen molar-refractivity contribution in [3.8, 4) is 0 Å². The minimum atomic E-state index is -0.360. The SMILES string of the molecule is CC(C)n1ncc2c(C(=O)NC(c3ccc(F)cc3)c3cccs3)cc(C3CC3)nc21. The molecular formula is C24H23FN4OS. The van der Waals surface area contributed by atoms with E-state index in [1.807, 2.05) is 28.3 Å². The first-order chi connectivity index (χ1) is 15.0. The molecule has 4 aromatic rings. The average Bonchev–Trinajstić information content (AvgIpc) is 3.29. The van der Waals surface area contributed by atoms with Crippen molar-refractivity contribution in [2.45, 2.75) is 44.7 Å². The van der Waals surface area contributed by atoms with Gasteiger partial charge in [0.15, 0.2) is 5.65 Å². The number of halogens is 1.